The van der Waals surface area contributed by atoms with Gasteiger partial charge in [-0.25, -0.2) is 4.39 Å². The Hall–Kier alpha value is -2.19. The number of hydrogen-bond acceptors (Lipinski definition) is 5. The van der Waals surface area contributed by atoms with Crippen LogP contribution in [0.5, 0.6) is 5.75 Å². The molecule has 1 aliphatic carbocycles. The van der Waals surface area contributed by atoms with E-state index in [4.69, 9.17) is 27.9 Å². The minimum Gasteiger partial charge on any atom is -0.481 e. The van der Waals surface area contributed by atoms with Crippen LogP contribution in [0.4, 0.5) is 4.39 Å². The van der Waals surface area contributed by atoms with Crippen molar-refractivity contribution in [3.63, 3.8) is 0 Å². The van der Waals surface area contributed by atoms with Gasteiger partial charge in [-0.1, -0.05) is 23.2 Å². The molecule has 1 saturated heterocycles. The fourth-order valence-corrected chi connectivity index (χ4v) is 5.44. The maximum Gasteiger partial charge on any atom is 0.167 e. The van der Waals surface area contributed by atoms with Gasteiger partial charge in [0.2, 0.25) is 0 Å². The number of rotatable bonds is 4. The van der Waals surface area contributed by atoms with Crippen LogP contribution in [0.2, 0.25) is 10.0 Å². The SMILES string of the molecule is Cc1nnc(C)n1-c1ccc(OC2c3cc(Cl)cc(Cl)c3CC2N2CCC(O)C2)c(F)c1. The second-order valence-electron chi connectivity index (χ2n) is 8.45. The number of β-amino-alcohol motifs (C(OH)–C–C–N with tert-alkyl or cyclic N) is 1. The topological polar surface area (TPSA) is 63.4 Å². The third kappa shape index (κ3) is 3.77. The van der Waals surface area contributed by atoms with Crippen molar-refractivity contribution in [2.45, 2.75) is 44.9 Å². The zero-order chi connectivity index (χ0) is 22.6. The average Bonchev–Trinajstić information content (AvgIpc) is 3.41. The highest BCUT2D eigenvalue weighted by atomic mass is 35.5. The lowest BCUT2D eigenvalue weighted by atomic mass is 10.1. The van der Waals surface area contributed by atoms with E-state index < -0.39 is 11.9 Å². The van der Waals surface area contributed by atoms with Crippen molar-refractivity contribution < 1.29 is 14.2 Å². The van der Waals surface area contributed by atoms with Crippen LogP contribution in [0.25, 0.3) is 5.69 Å². The van der Waals surface area contributed by atoms with Gasteiger partial charge in [-0.2, -0.15) is 0 Å². The average molecular weight is 477 g/mol. The van der Waals surface area contributed by atoms with Gasteiger partial charge in [-0.15, -0.1) is 10.2 Å². The number of likely N-dealkylation sites (tertiary alicyclic amines) is 1. The molecule has 2 aromatic carbocycles. The molecule has 3 unspecified atom stereocenters. The molecule has 1 fully saturated rings. The Morgan fingerprint density at radius 1 is 1.12 bits per heavy atom. The number of aryl methyl sites for hydroxylation is 2. The van der Waals surface area contributed by atoms with Crippen LogP contribution < -0.4 is 4.74 Å². The predicted molar refractivity (Wildman–Crippen MR) is 120 cm³/mol. The van der Waals surface area contributed by atoms with E-state index in [0.29, 0.717) is 46.8 Å². The van der Waals surface area contributed by atoms with Gasteiger partial charge in [0.25, 0.3) is 0 Å². The van der Waals surface area contributed by atoms with Crippen LogP contribution in [0.1, 0.15) is 35.3 Å². The zero-order valence-corrected chi connectivity index (χ0v) is 19.2. The lowest BCUT2D eigenvalue weighted by molar-refractivity contribution is 0.0790. The summed E-state index contributed by atoms with van der Waals surface area (Å²) in [6.45, 7) is 4.94. The van der Waals surface area contributed by atoms with Crippen molar-refractivity contribution in [2.24, 2.45) is 0 Å². The molecular formula is C23H23Cl2FN4O2. The van der Waals surface area contributed by atoms with E-state index in [1.54, 1.807) is 22.8 Å². The molecule has 5 rings (SSSR count). The molecule has 3 aromatic rings. The van der Waals surface area contributed by atoms with E-state index >= 15 is 4.39 Å². The van der Waals surface area contributed by atoms with E-state index in [1.165, 1.54) is 6.07 Å². The second kappa shape index (κ2) is 8.30. The molecule has 32 heavy (non-hydrogen) atoms. The van der Waals surface area contributed by atoms with E-state index in [2.05, 4.69) is 15.1 Å². The molecule has 0 amide bonds. The summed E-state index contributed by atoms with van der Waals surface area (Å²) in [4.78, 5) is 2.19. The van der Waals surface area contributed by atoms with Gasteiger partial charge in [0.05, 0.1) is 17.8 Å². The first-order chi connectivity index (χ1) is 15.3. The van der Waals surface area contributed by atoms with E-state index in [-0.39, 0.29) is 17.9 Å². The first-order valence-corrected chi connectivity index (χ1v) is 11.3. The number of halogens is 3. The van der Waals surface area contributed by atoms with Crippen molar-refractivity contribution >= 4 is 23.2 Å². The monoisotopic (exact) mass is 476 g/mol. The minimum absolute atomic E-state index is 0.0699. The summed E-state index contributed by atoms with van der Waals surface area (Å²) < 4.78 is 23.2. The van der Waals surface area contributed by atoms with Gasteiger partial charge in [0, 0.05) is 34.8 Å². The van der Waals surface area contributed by atoms with E-state index in [9.17, 15) is 5.11 Å². The predicted octanol–water partition coefficient (Wildman–Crippen LogP) is 4.44. The molecule has 0 radical (unpaired) electrons. The largest absolute Gasteiger partial charge is 0.481 e. The molecule has 2 heterocycles. The molecule has 0 saturated carbocycles. The fraction of sp³-hybridized carbons (Fsp3) is 0.391. The summed E-state index contributed by atoms with van der Waals surface area (Å²) in [6.07, 6.45) is 0.533. The van der Waals surface area contributed by atoms with Crippen LogP contribution in [0.3, 0.4) is 0 Å². The number of benzene rings is 2. The lowest BCUT2D eigenvalue weighted by Crippen LogP contribution is -2.39. The number of fused-ring (bicyclic) bond motifs is 1. The highest BCUT2D eigenvalue weighted by molar-refractivity contribution is 6.35. The Labute approximate surface area is 195 Å². The maximum absolute atomic E-state index is 15.2. The Kier molecular flexibility index (Phi) is 5.61. The van der Waals surface area contributed by atoms with Crippen molar-refractivity contribution in [3.05, 3.63) is 69.0 Å². The molecule has 6 nitrogen and oxygen atoms in total. The summed E-state index contributed by atoms with van der Waals surface area (Å²) in [5, 5.41) is 19.2. The normalized spacial score (nSPS) is 23.0. The van der Waals surface area contributed by atoms with E-state index in [0.717, 1.165) is 17.7 Å². The molecule has 3 atom stereocenters. The van der Waals surface area contributed by atoms with E-state index in [1.807, 2.05) is 19.9 Å². The third-order valence-corrected chi connectivity index (χ3v) is 6.90. The minimum atomic E-state index is -0.475. The van der Waals surface area contributed by atoms with Gasteiger partial charge in [-0.05, 0) is 56.5 Å². The first-order valence-electron chi connectivity index (χ1n) is 10.6. The molecule has 2 aliphatic rings. The third-order valence-electron chi connectivity index (χ3n) is 6.34. The number of nitrogens with zero attached hydrogens (tertiary/aromatic N) is 4. The Morgan fingerprint density at radius 2 is 1.88 bits per heavy atom. The van der Waals surface area contributed by atoms with Crippen LogP contribution in [-0.4, -0.2) is 50.0 Å². The number of aliphatic hydroxyl groups excluding tert-OH is 1. The Morgan fingerprint density at radius 3 is 2.53 bits per heavy atom. The van der Waals surface area contributed by atoms with Gasteiger partial charge >= 0.3 is 0 Å². The van der Waals surface area contributed by atoms with Crippen LogP contribution >= 0.6 is 23.2 Å². The quantitative estimate of drug-likeness (QED) is 0.602. The number of ether oxygens (including phenoxy) is 1. The van der Waals surface area contributed by atoms with Gasteiger partial charge in [0.15, 0.2) is 11.6 Å². The summed E-state index contributed by atoms with van der Waals surface area (Å²) in [6, 6.07) is 8.34. The van der Waals surface area contributed by atoms with Crippen LogP contribution in [-0.2, 0) is 6.42 Å². The number of aliphatic hydroxyl groups is 1. The Balaban J connectivity index is 1.50. The molecular weight excluding hydrogens is 454 g/mol. The van der Waals surface area contributed by atoms with Crippen molar-refractivity contribution in [1.82, 2.24) is 19.7 Å². The highest BCUT2D eigenvalue weighted by Crippen LogP contribution is 2.43. The van der Waals surface area contributed by atoms with Gasteiger partial charge < -0.3 is 9.84 Å². The summed E-state index contributed by atoms with van der Waals surface area (Å²) in [7, 11) is 0. The molecule has 9 heteroatoms. The molecule has 0 spiro atoms. The second-order valence-corrected chi connectivity index (χ2v) is 9.29. The van der Waals surface area contributed by atoms with Crippen LogP contribution in [0.15, 0.2) is 30.3 Å². The zero-order valence-electron chi connectivity index (χ0n) is 17.7. The summed E-state index contributed by atoms with van der Waals surface area (Å²) >= 11 is 12.8. The smallest absolute Gasteiger partial charge is 0.167 e. The molecule has 1 aromatic heterocycles. The summed E-state index contributed by atoms with van der Waals surface area (Å²) in [5.74, 6) is 1.03. The van der Waals surface area contributed by atoms with Crippen molar-refractivity contribution in [3.8, 4) is 11.4 Å². The highest BCUT2D eigenvalue weighted by Gasteiger charge is 2.42. The van der Waals surface area contributed by atoms with Crippen LogP contribution in [0, 0.1) is 19.7 Å². The maximum atomic E-state index is 15.2. The number of hydrogen-bond donors (Lipinski definition) is 1. The molecule has 1 aliphatic heterocycles. The van der Waals surface area contributed by atoms with Gasteiger partial charge in [0.1, 0.15) is 17.8 Å². The van der Waals surface area contributed by atoms with Crippen molar-refractivity contribution in [1.29, 1.82) is 0 Å². The van der Waals surface area contributed by atoms with Gasteiger partial charge in [-0.3, -0.25) is 9.47 Å². The fourth-order valence-electron chi connectivity index (χ4n) is 4.85. The van der Waals surface area contributed by atoms with Crippen molar-refractivity contribution in [2.75, 3.05) is 13.1 Å². The lowest BCUT2D eigenvalue weighted by Gasteiger charge is -2.30. The number of aromatic nitrogens is 3. The first kappa shape index (κ1) is 21.6. The summed E-state index contributed by atoms with van der Waals surface area (Å²) in [5.41, 5.74) is 2.45. The molecule has 168 valence electrons. The Bertz CT molecular complexity index is 1170. The standard InChI is InChI=1S/C23H23Cl2FN4O2/c1-12-27-28-13(2)30(12)15-3-4-22(20(26)9-15)32-23-18-7-14(24)8-19(25)17(18)10-21(23)29-6-5-16(31)11-29/h3-4,7-9,16,21,23,31H,5-6,10-11H2,1-2H3. The molecule has 0 bridgehead atoms. The molecule has 1 N–H and O–H groups in total.